The van der Waals surface area contributed by atoms with Gasteiger partial charge >= 0.3 is 0 Å². The summed E-state index contributed by atoms with van der Waals surface area (Å²) in [6, 6.07) is 4.97. The second-order valence-corrected chi connectivity index (χ2v) is 9.10. The number of nitrogens with zero attached hydrogens (tertiary/aromatic N) is 3. The average molecular weight is 449 g/mol. The summed E-state index contributed by atoms with van der Waals surface area (Å²) >= 11 is 13.5. The van der Waals surface area contributed by atoms with Crippen LogP contribution in [0.2, 0.25) is 10.0 Å². The SMILES string of the molecule is C[C@H]1CCc2c(sc3ncn(CC(=O)NN=Cc4ccc(Cl)cc4Cl)c(=O)c23)C1. The zero-order chi connectivity index (χ0) is 20.5. The third kappa shape index (κ3) is 4.22. The summed E-state index contributed by atoms with van der Waals surface area (Å²) < 4.78 is 1.33. The van der Waals surface area contributed by atoms with Crippen LogP contribution < -0.4 is 11.0 Å². The first kappa shape index (κ1) is 20.1. The number of carbonyl (C=O) groups is 1. The van der Waals surface area contributed by atoms with Crippen LogP contribution in [0.3, 0.4) is 0 Å². The molecule has 2 aromatic heterocycles. The van der Waals surface area contributed by atoms with Crippen LogP contribution in [0.5, 0.6) is 0 Å². The molecule has 0 radical (unpaired) electrons. The standard InChI is InChI=1S/C20H18Cl2N4O2S/c1-11-2-5-14-16(6-11)29-19-18(14)20(28)26(10-23-19)9-17(27)25-24-8-12-3-4-13(21)7-15(12)22/h3-4,7-8,10-11H,2,5-6,9H2,1H3,(H,25,27)/t11-/m0/s1. The van der Waals surface area contributed by atoms with Gasteiger partial charge in [0.2, 0.25) is 0 Å². The van der Waals surface area contributed by atoms with E-state index < -0.39 is 5.91 Å². The van der Waals surface area contributed by atoms with E-state index in [2.05, 4.69) is 22.4 Å². The Bertz CT molecular complexity index is 1190. The first-order chi connectivity index (χ1) is 13.9. The molecule has 0 bridgehead atoms. The first-order valence-electron chi connectivity index (χ1n) is 9.19. The highest BCUT2D eigenvalue weighted by molar-refractivity contribution is 7.18. The number of amides is 1. The van der Waals surface area contributed by atoms with Crippen molar-refractivity contribution >= 4 is 56.9 Å². The number of benzene rings is 1. The summed E-state index contributed by atoms with van der Waals surface area (Å²) in [5.74, 6) is 0.197. The number of hydrogen-bond acceptors (Lipinski definition) is 5. The third-order valence-corrected chi connectivity index (χ3v) is 6.68. The molecule has 0 saturated carbocycles. The Morgan fingerprint density at radius 3 is 3.07 bits per heavy atom. The summed E-state index contributed by atoms with van der Waals surface area (Å²) in [5.41, 5.74) is 3.96. The number of fused-ring (bicyclic) bond motifs is 3. The average Bonchev–Trinajstić information content (AvgIpc) is 3.04. The van der Waals surface area contributed by atoms with Crippen molar-refractivity contribution in [2.45, 2.75) is 32.7 Å². The molecule has 1 aliphatic carbocycles. The van der Waals surface area contributed by atoms with Crippen LogP contribution in [-0.4, -0.2) is 21.7 Å². The topological polar surface area (TPSA) is 76.3 Å². The highest BCUT2D eigenvalue weighted by Gasteiger charge is 2.23. The van der Waals surface area contributed by atoms with Crippen molar-refractivity contribution in [3.63, 3.8) is 0 Å². The predicted octanol–water partition coefficient (Wildman–Crippen LogP) is 4.04. The van der Waals surface area contributed by atoms with Crippen LogP contribution >= 0.6 is 34.5 Å². The molecule has 9 heteroatoms. The largest absolute Gasteiger partial charge is 0.289 e. The van der Waals surface area contributed by atoms with Crippen molar-refractivity contribution in [2.24, 2.45) is 11.0 Å². The van der Waals surface area contributed by atoms with Gasteiger partial charge < -0.3 is 0 Å². The number of aromatic nitrogens is 2. The van der Waals surface area contributed by atoms with Gasteiger partial charge in [0, 0.05) is 15.5 Å². The van der Waals surface area contributed by atoms with Crippen molar-refractivity contribution in [3.8, 4) is 0 Å². The summed E-state index contributed by atoms with van der Waals surface area (Å²) in [4.78, 5) is 31.6. The smallest absolute Gasteiger partial charge is 0.262 e. The molecular formula is C20H18Cl2N4O2S. The van der Waals surface area contributed by atoms with E-state index in [1.807, 2.05) is 0 Å². The molecule has 0 aliphatic heterocycles. The Balaban J connectivity index is 1.50. The van der Waals surface area contributed by atoms with Crippen LogP contribution in [-0.2, 0) is 24.2 Å². The van der Waals surface area contributed by atoms with Crippen molar-refractivity contribution in [3.05, 3.63) is 60.9 Å². The normalized spacial score (nSPS) is 16.3. The van der Waals surface area contributed by atoms with Crippen molar-refractivity contribution in [1.82, 2.24) is 15.0 Å². The maximum atomic E-state index is 12.9. The van der Waals surface area contributed by atoms with Gasteiger partial charge in [0.15, 0.2) is 0 Å². The van der Waals surface area contributed by atoms with Crippen LogP contribution in [0.15, 0.2) is 34.4 Å². The number of nitrogens with one attached hydrogen (secondary N) is 1. The molecule has 1 N–H and O–H groups in total. The van der Waals surface area contributed by atoms with Crippen LogP contribution in [0.25, 0.3) is 10.2 Å². The summed E-state index contributed by atoms with van der Waals surface area (Å²) in [6.45, 7) is 2.07. The highest BCUT2D eigenvalue weighted by Crippen LogP contribution is 2.35. The van der Waals surface area contributed by atoms with Gasteiger partial charge in [-0.3, -0.25) is 14.2 Å². The van der Waals surface area contributed by atoms with Gasteiger partial charge in [-0.15, -0.1) is 11.3 Å². The molecular weight excluding hydrogens is 431 g/mol. The zero-order valence-electron chi connectivity index (χ0n) is 15.6. The molecule has 1 atom stereocenters. The van der Waals surface area contributed by atoms with Crippen molar-refractivity contribution in [1.29, 1.82) is 0 Å². The predicted molar refractivity (Wildman–Crippen MR) is 117 cm³/mol. The fourth-order valence-electron chi connectivity index (χ4n) is 3.45. The van der Waals surface area contributed by atoms with E-state index >= 15 is 0 Å². The second-order valence-electron chi connectivity index (χ2n) is 7.17. The fourth-order valence-corrected chi connectivity index (χ4v) is 5.25. The molecule has 0 saturated heterocycles. The Morgan fingerprint density at radius 1 is 1.45 bits per heavy atom. The second kappa shape index (κ2) is 8.26. The molecule has 3 aromatic rings. The molecule has 1 aromatic carbocycles. The highest BCUT2D eigenvalue weighted by atomic mass is 35.5. The molecule has 1 amide bonds. The summed E-state index contributed by atoms with van der Waals surface area (Å²) in [7, 11) is 0. The number of carbonyl (C=O) groups excluding carboxylic acids is 1. The number of hydrazone groups is 1. The Hall–Kier alpha value is -2.22. The minimum Gasteiger partial charge on any atom is -0.289 e. The maximum Gasteiger partial charge on any atom is 0.262 e. The number of thiophene rings is 1. The fraction of sp³-hybridized carbons (Fsp3) is 0.300. The Labute approximate surface area is 181 Å². The van der Waals surface area contributed by atoms with Gasteiger partial charge in [-0.05, 0) is 42.9 Å². The van der Waals surface area contributed by atoms with Gasteiger partial charge in [-0.25, -0.2) is 10.4 Å². The molecule has 2 heterocycles. The first-order valence-corrected chi connectivity index (χ1v) is 10.8. The number of halogens is 2. The molecule has 6 nitrogen and oxygen atoms in total. The Kier molecular flexibility index (Phi) is 5.72. The van der Waals surface area contributed by atoms with E-state index in [1.54, 1.807) is 29.5 Å². The van der Waals surface area contributed by atoms with E-state index in [-0.39, 0.29) is 12.1 Å². The van der Waals surface area contributed by atoms with Crippen molar-refractivity contribution < 1.29 is 4.79 Å². The molecule has 0 fully saturated rings. The van der Waals surface area contributed by atoms with E-state index in [9.17, 15) is 9.59 Å². The van der Waals surface area contributed by atoms with E-state index in [0.29, 0.717) is 26.9 Å². The lowest BCUT2D eigenvalue weighted by atomic mass is 9.89. The van der Waals surface area contributed by atoms with E-state index in [1.165, 1.54) is 22.0 Å². The molecule has 0 spiro atoms. The lowest BCUT2D eigenvalue weighted by Crippen LogP contribution is -2.30. The van der Waals surface area contributed by atoms with Crippen molar-refractivity contribution in [2.75, 3.05) is 0 Å². The van der Waals surface area contributed by atoms with Gasteiger partial charge in [0.25, 0.3) is 11.5 Å². The van der Waals surface area contributed by atoms with E-state index in [4.69, 9.17) is 23.2 Å². The number of rotatable bonds is 4. The molecule has 0 unspecified atom stereocenters. The van der Waals surface area contributed by atoms with Gasteiger partial charge in [-0.2, -0.15) is 5.10 Å². The summed E-state index contributed by atoms with van der Waals surface area (Å²) in [5, 5.41) is 5.50. The molecule has 1 aliphatic rings. The number of hydrogen-bond donors (Lipinski definition) is 1. The minimum absolute atomic E-state index is 0.158. The Morgan fingerprint density at radius 2 is 2.28 bits per heavy atom. The van der Waals surface area contributed by atoms with Crippen LogP contribution in [0, 0.1) is 5.92 Å². The van der Waals surface area contributed by atoms with Crippen LogP contribution in [0.4, 0.5) is 0 Å². The van der Waals surface area contributed by atoms with Gasteiger partial charge in [0.1, 0.15) is 11.4 Å². The molecule has 150 valence electrons. The minimum atomic E-state index is -0.424. The monoisotopic (exact) mass is 448 g/mol. The third-order valence-electron chi connectivity index (χ3n) is 4.95. The number of aryl methyl sites for hydroxylation is 1. The lowest BCUT2D eigenvalue weighted by molar-refractivity contribution is -0.121. The van der Waals surface area contributed by atoms with Gasteiger partial charge in [0.05, 0.1) is 23.0 Å². The quantitative estimate of drug-likeness (QED) is 0.483. The molecule has 29 heavy (non-hydrogen) atoms. The van der Waals surface area contributed by atoms with Crippen LogP contribution in [0.1, 0.15) is 29.3 Å². The summed E-state index contributed by atoms with van der Waals surface area (Å²) in [6.07, 6.45) is 5.79. The maximum absolute atomic E-state index is 12.9. The van der Waals surface area contributed by atoms with E-state index in [0.717, 1.165) is 29.7 Å². The molecule has 4 rings (SSSR count). The van der Waals surface area contributed by atoms with Gasteiger partial charge in [-0.1, -0.05) is 36.2 Å². The lowest BCUT2D eigenvalue weighted by Gasteiger charge is -2.17. The zero-order valence-corrected chi connectivity index (χ0v) is 17.9.